The first-order valence-corrected chi connectivity index (χ1v) is 13.7. The molecule has 6 nitrogen and oxygen atoms in total. The summed E-state index contributed by atoms with van der Waals surface area (Å²) in [7, 11) is 3.20. The Morgan fingerprint density at radius 1 is 0.897 bits per heavy atom. The fraction of sp³-hybridized carbons (Fsp3) is 0.414. The van der Waals surface area contributed by atoms with Gasteiger partial charge < -0.3 is 18.9 Å². The van der Waals surface area contributed by atoms with Gasteiger partial charge in [0.05, 0.1) is 20.3 Å². The minimum absolute atomic E-state index is 0.275. The zero-order valence-electron chi connectivity index (χ0n) is 22.9. The Morgan fingerprint density at radius 3 is 1.85 bits per heavy atom. The molecule has 0 bridgehead atoms. The predicted octanol–water partition coefficient (Wildman–Crippen LogP) is 6.74. The fourth-order valence-corrected chi connectivity index (χ4v) is 4.80. The van der Waals surface area contributed by atoms with Crippen LogP contribution in [0, 0.1) is 0 Å². The summed E-state index contributed by atoms with van der Waals surface area (Å²) in [5.41, 5.74) is 2.50. The van der Waals surface area contributed by atoms with Crippen LogP contribution in [0.4, 0.5) is 19.0 Å². The van der Waals surface area contributed by atoms with Crippen molar-refractivity contribution in [2.75, 3.05) is 19.1 Å². The summed E-state index contributed by atoms with van der Waals surface area (Å²) in [5.74, 6) is 1.97. The average Bonchev–Trinajstić information content (AvgIpc) is 2.90. The Bertz CT molecular complexity index is 1120. The van der Waals surface area contributed by atoms with E-state index in [2.05, 4.69) is 9.71 Å². The number of nitrogens with one attached hydrogen (secondary N) is 1. The van der Waals surface area contributed by atoms with E-state index in [9.17, 15) is 17.7 Å². The minimum Gasteiger partial charge on any atom is -0.598 e. The molecule has 39 heavy (non-hydrogen) atoms. The number of ether oxygens (including phenoxy) is 2. The summed E-state index contributed by atoms with van der Waals surface area (Å²) in [5, 5.41) is 0. The van der Waals surface area contributed by atoms with Crippen LogP contribution in [0.1, 0.15) is 56.3 Å². The van der Waals surface area contributed by atoms with Gasteiger partial charge in [-0.2, -0.15) is 13.2 Å². The Hall–Kier alpha value is -2.95. The molecule has 0 saturated carbocycles. The van der Waals surface area contributed by atoms with Gasteiger partial charge in [0.2, 0.25) is 0 Å². The molecule has 1 heterocycles. The van der Waals surface area contributed by atoms with Crippen LogP contribution >= 0.6 is 0 Å². The maximum Gasteiger partial charge on any atom is 0.389 e. The highest BCUT2D eigenvalue weighted by Crippen LogP contribution is 2.34. The second-order valence-corrected chi connectivity index (χ2v) is 12.2. The first kappa shape index (κ1) is 30.6. The molecule has 0 spiro atoms. The van der Waals surface area contributed by atoms with Crippen LogP contribution in [0.5, 0.6) is 11.5 Å². The third kappa shape index (κ3) is 9.33. The molecule has 3 aromatic rings. The van der Waals surface area contributed by atoms with E-state index in [0.717, 1.165) is 22.6 Å². The molecule has 0 amide bonds. The van der Waals surface area contributed by atoms with Crippen molar-refractivity contribution >= 4 is 17.2 Å². The molecule has 3 rings (SSSR count). The number of benzene rings is 2. The number of aromatic nitrogens is 1. The first-order valence-electron chi connectivity index (χ1n) is 12.6. The van der Waals surface area contributed by atoms with Gasteiger partial charge in [0.25, 0.3) is 0 Å². The smallest absolute Gasteiger partial charge is 0.389 e. The van der Waals surface area contributed by atoms with Gasteiger partial charge in [-0.25, -0.2) is 4.98 Å². The number of methoxy groups -OCH3 is 2. The third-order valence-corrected chi connectivity index (χ3v) is 7.69. The third-order valence-electron chi connectivity index (χ3n) is 6.08. The summed E-state index contributed by atoms with van der Waals surface area (Å²) in [4.78, 5) is 6.65. The van der Waals surface area contributed by atoms with Crippen LogP contribution in [0.2, 0.25) is 0 Å². The number of hydrogen-bond acceptors (Lipinski definition) is 6. The molecule has 0 aliphatic rings. The van der Waals surface area contributed by atoms with E-state index in [1.807, 2.05) is 53.4 Å². The monoisotopic (exact) mass is 563 g/mol. The lowest BCUT2D eigenvalue weighted by atomic mass is 10.0. The standard InChI is InChI=1S/C29H36F3N3O3S/c1-28(2,3)39(36)34-26(16-17-29(30,31)32)25-7-6-18-33-27(25)35(19-21-8-12-23(37-4)13-9-21)20-22-10-14-24(38-5)15-11-22/h6-15,18,26,34H,16-17,19-20H2,1-5H3/t26-,39?/m1/s1. The van der Waals surface area contributed by atoms with Gasteiger partial charge >= 0.3 is 6.18 Å². The molecule has 0 fully saturated rings. The molecule has 212 valence electrons. The van der Waals surface area contributed by atoms with Crippen molar-refractivity contribution < 1.29 is 27.2 Å². The van der Waals surface area contributed by atoms with Gasteiger partial charge in [0.1, 0.15) is 22.1 Å². The topological polar surface area (TPSA) is 69.7 Å². The molecule has 1 unspecified atom stereocenters. The first-order chi connectivity index (χ1) is 18.4. The van der Waals surface area contributed by atoms with Gasteiger partial charge in [0.15, 0.2) is 0 Å². The summed E-state index contributed by atoms with van der Waals surface area (Å²) in [6.45, 7) is 6.21. The van der Waals surface area contributed by atoms with Crippen molar-refractivity contribution in [1.29, 1.82) is 0 Å². The number of hydrogen-bond donors (Lipinski definition) is 1. The molecule has 1 N–H and O–H groups in total. The maximum absolute atomic E-state index is 13.3. The van der Waals surface area contributed by atoms with Crippen molar-refractivity contribution in [1.82, 2.24) is 9.71 Å². The number of halogens is 3. The van der Waals surface area contributed by atoms with E-state index in [1.165, 1.54) is 0 Å². The SMILES string of the molecule is COc1ccc(CN(Cc2ccc(OC)cc2)c2ncccc2[C@@H](CCC(F)(F)F)N[S+]([O-])C(C)(C)C)cc1. The van der Waals surface area contributed by atoms with Crippen LogP contribution in [0.15, 0.2) is 66.9 Å². The van der Waals surface area contributed by atoms with Gasteiger partial charge in [-0.1, -0.05) is 30.3 Å². The van der Waals surface area contributed by atoms with Crippen molar-refractivity contribution in [3.63, 3.8) is 0 Å². The molecule has 0 saturated heterocycles. The van der Waals surface area contributed by atoms with Gasteiger partial charge in [-0.05, 0) is 68.7 Å². The van der Waals surface area contributed by atoms with E-state index in [1.54, 1.807) is 53.3 Å². The van der Waals surface area contributed by atoms with Gasteiger partial charge in [-0.15, -0.1) is 4.72 Å². The predicted molar refractivity (Wildman–Crippen MR) is 149 cm³/mol. The second-order valence-electron chi connectivity index (χ2n) is 10.2. The normalized spacial score (nSPS) is 13.6. The molecule has 0 aliphatic heterocycles. The van der Waals surface area contributed by atoms with Crippen LogP contribution < -0.4 is 19.1 Å². The number of pyridine rings is 1. The van der Waals surface area contributed by atoms with Crippen LogP contribution in [-0.4, -0.2) is 34.7 Å². The van der Waals surface area contributed by atoms with Gasteiger partial charge in [0, 0.05) is 42.6 Å². The molecule has 2 aromatic carbocycles. The number of rotatable bonds is 12. The Labute approximate surface area is 231 Å². The quantitative estimate of drug-likeness (QED) is 0.246. The molecule has 10 heteroatoms. The lowest BCUT2D eigenvalue weighted by Gasteiger charge is -2.32. The number of anilines is 1. The maximum atomic E-state index is 13.3. The molecular formula is C29H36F3N3O3S. The highest BCUT2D eigenvalue weighted by atomic mass is 32.2. The lowest BCUT2D eigenvalue weighted by molar-refractivity contribution is -0.136. The number of nitrogens with zero attached hydrogens (tertiary/aromatic N) is 2. The Morgan fingerprint density at radius 2 is 1.41 bits per heavy atom. The highest BCUT2D eigenvalue weighted by molar-refractivity contribution is 7.90. The van der Waals surface area contributed by atoms with E-state index in [0.29, 0.717) is 24.5 Å². The van der Waals surface area contributed by atoms with Crippen LogP contribution in [0.25, 0.3) is 0 Å². The fourth-order valence-electron chi connectivity index (χ4n) is 3.95. The van der Waals surface area contributed by atoms with E-state index >= 15 is 0 Å². The highest BCUT2D eigenvalue weighted by Gasteiger charge is 2.35. The van der Waals surface area contributed by atoms with Crippen LogP contribution in [-0.2, 0) is 24.5 Å². The zero-order chi connectivity index (χ0) is 28.6. The van der Waals surface area contributed by atoms with Crippen molar-refractivity contribution in [2.24, 2.45) is 0 Å². The van der Waals surface area contributed by atoms with Crippen molar-refractivity contribution in [3.05, 3.63) is 83.6 Å². The molecular weight excluding hydrogens is 527 g/mol. The van der Waals surface area contributed by atoms with Crippen molar-refractivity contribution in [2.45, 2.75) is 63.7 Å². The van der Waals surface area contributed by atoms with Gasteiger partial charge in [-0.3, -0.25) is 0 Å². The molecule has 2 atom stereocenters. The number of alkyl halides is 3. The molecule has 0 aliphatic carbocycles. The Kier molecular flexibility index (Phi) is 10.5. The largest absolute Gasteiger partial charge is 0.598 e. The summed E-state index contributed by atoms with van der Waals surface area (Å²) in [6, 6.07) is 17.8. The molecule has 0 radical (unpaired) electrons. The summed E-state index contributed by atoms with van der Waals surface area (Å²) < 4.78 is 65.8. The lowest BCUT2D eigenvalue weighted by Crippen LogP contribution is -2.42. The minimum atomic E-state index is -4.35. The molecule has 1 aromatic heterocycles. The zero-order valence-corrected chi connectivity index (χ0v) is 23.7. The van der Waals surface area contributed by atoms with E-state index < -0.39 is 34.7 Å². The van der Waals surface area contributed by atoms with Crippen LogP contribution in [0.3, 0.4) is 0 Å². The average molecular weight is 564 g/mol. The summed E-state index contributed by atoms with van der Waals surface area (Å²) >= 11 is -1.59. The summed E-state index contributed by atoms with van der Waals surface area (Å²) in [6.07, 6.45) is -4.02. The van der Waals surface area contributed by atoms with Crippen molar-refractivity contribution in [3.8, 4) is 11.5 Å². The van der Waals surface area contributed by atoms with E-state index in [-0.39, 0.29) is 6.42 Å². The second kappa shape index (κ2) is 13.4. The Balaban J connectivity index is 2.03. The van der Waals surface area contributed by atoms with E-state index in [4.69, 9.17) is 9.47 Å².